The lowest BCUT2D eigenvalue weighted by Crippen LogP contribution is -2.22. The minimum absolute atomic E-state index is 0.0707. The molecule has 0 radical (unpaired) electrons. The predicted octanol–water partition coefficient (Wildman–Crippen LogP) is 7.12. The van der Waals surface area contributed by atoms with Crippen molar-refractivity contribution in [3.63, 3.8) is 0 Å². The van der Waals surface area contributed by atoms with E-state index in [-0.39, 0.29) is 29.1 Å². The quantitative estimate of drug-likeness (QED) is 0.0558. The highest BCUT2D eigenvalue weighted by atomic mass is 19.4. The number of rotatable bonds is 14. The van der Waals surface area contributed by atoms with E-state index >= 15 is 0 Å². The van der Waals surface area contributed by atoms with Crippen LogP contribution in [-0.4, -0.2) is 35.9 Å². The molecule has 0 aromatic heterocycles. The van der Waals surface area contributed by atoms with Crippen LogP contribution in [-0.2, 0) is 22.1 Å². The molecule has 0 fully saturated rings. The van der Waals surface area contributed by atoms with Crippen molar-refractivity contribution in [2.75, 3.05) is 18.1 Å². The van der Waals surface area contributed by atoms with Crippen LogP contribution in [0.15, 0.2) is 60.7 Å². The van der Waals surface area contributed by atoms with Gasteiger partial charge < -0.3 is 30.8 Å². The van der Waals surface area contributed by atoms with Crippen molar-refractivity contribution in [3.8, 4) is 11.5 Å². The second-order valence-corrected chi connectivity index (χ2v) is 9.84. The topological polar surface area (TPSA) is 134 Å². The Bertz CT molecular complexity index is 1500. The Morgan fingerprint density at radius 2 is 1.62 bits per heavy atom. The van der Waals surface area contributed by atoms with E-state index in [1.807, 2.05) is 0 Å². The van der Waals surface area contributed by atoms with Gasteiger partial charge in [0.2, 0.25) is 0 Å². The molecule has 1 unspecified atom stereocenters. The number of nitrogens with two attached hydrogens (primary N) is 2. The Hall–Kier alpha value is -4.88. The first-order valence-electron chi connectivity index (χ1n) is 13.5. The Morgan fingerprint density at radius 3 is 2.18 bits per heavy atom. The van der Waals surface area contributed by atoms with Gasteiger partial charge in [0.05, 0.1) is 17.7 Å². The monoisotopic (exact) mass is 640 g/mol. The van der Waals surface area contributed by atoms with Gasteiger partial charge in [-0.1, -0.05) is 19.1 Å². The summed E-state index contributed by atoms with van der Waals surface area (Å²) < 4.78 is 95.4. The Kier molecular flexibility index (Phi) is 11.3. The molecular formula is C31H30F6N2O6. The van der Waals surface area contributed by atoms with Gasteiger partial charge in [-0.3, -0.25) is 0 Å². The molecular weight excluding hydrogens is 610 g/mol. The van der Waals surface area contributed by atoms with E-state index in [9.17, 15) is 35.9 Å². The van der Waals surface area contributed by atoms with E-state index in [4.69, 9.17) is 30.8 Å². The van der Waals surface area contributed by atoms with Crippen LogP contribution in [0.1, 0.15) is 53.2 Å². The van der Waals surface area contributed by atoms with Crippen molar-refractivity contribution < 1.29 is 55.2 Å². The predicted molar refractivity (Wildman–Crippen MR) is 153 cm³/mol. The summed E-state index contributed by atoms with van der Waals surface area (Å²) in [7, 11) is 0. The number of hydrogen-bond acceptors (Lipinski definition) is 7. The summed E-state index contributed by atoms with van der Waals surface area (Å²) in [5, 5.41) is 9.13. The van der Waals surface area contributed by atoms with Crippen molar-refractivity contribution in [1.29, 1.82) is 0 Å². The van der Waals surface area contributed by atoms with Crippen molar-refractivity contribution in [2.45, 2.75) is 51.0 Å². The van der Waals surface area contributed by atoms with Gasteiger partial charge in [-0.2, -0.15) is 22.0 Å². The molecule has 242 valence electrons. The largest absolute Gasteiger partial charge is 0.491 e. The molecule has 3 aromatic rings. The van der Waals surface area contributed by atoms with Gasteiger partial charge in [0, 0.05) is 35.9 Å². The molecule has 0 aliphatic rings. The molecule has 0 heterocycles. The van der Waals surface area contributed by atoms with Crippen LogP contribution in [0.25, 0.3) is 6.08 Å². The highest BCUT2D eigenvalue weighted by Gasteiger charge is 2.35. The number of ether oxygens (including phenoxy) is 3. The molecule has 0 spiro atoms. The molecule has 1 atom stereocenters. The maximum Gasteiger partial charge on any atom is 0.426 e. The minimum atomic E-state index is -4.39. The highest BCUT2D eigenvalue weighted by molar-refractivity contribution is 5.91. The first-order chi connectivity index (χ1) is 21.1. The molecule has 0 aliphatic carbocycles. The van der Waals surface area contributed by atoms with E-state index in [1.165, 1.54) is 42.5 Å². The highest BCUT2D eigenvalue weighted by Crippen LogP contribution is 2.34. The summed E-state index contributed by atoms with van der Waals surface area (Å²) in [5.41, 5.74) is 12.2. The van der Waals surface area contributed by atoms with Gasteiger partial charge in [-0.15, -0.1) is 0 Å². The van der Waals surface area contributed by atoms with Gasteiger partial charge in [-0.05, 0) is 66.9 Å². The van der Waals surface area contributed by atoms with Crippen molar-refractivity contribution >= 4 is 29.4 Å². The normalized spacial score (nSPS) is 12.6. The fourth-order valence-corrected chi connectivity index (χ4v) is 4.05. The summed E-state index contributed by atoms with van der Waals surface area (Å²) in [6.07, 6.45) is -7.47. The number of carbonyl (C=O) groups is 2. The Morgan fingerprint density at radius 1 is 0.978 bits per heavy atom. The lowest BCUT2D eigenvalue weighted by atomic mass is 10.00. The second kappa shape index (κ2) is 14.7. The number of alkyl halides is 5. The summed E-state index contributed by atoms with van der Waals surface area (Å²) >= 11 is 0. The summed E-state index contributed by atoms with van der Waals surface area (Å²) in [5.74, 6) is -3.83. The molecule has 8 nitrogen and oxygen atoms in total. The van der Waals surface area contributed by atoms with Crippen LogP contribution < -0.4 is 20.9 Å². The smallest absolute Gasteiger partial charge is 0.426 e. The molecule has 3 aromatic carbocycles. The fourth-order valence-electron chi connectivity index (χ4n) is 4.05. The van der Waals surface area contributed by atoms with Crippen LogP contribution in [0.5, 0.6) is 11.5 Å². The van der Waals surface area contributed by atoms with Gasteiger partial charge in [0.15, 0.2) is 11.6 Å². The molecule has 5 N–H and O–H groups in total. The zero-order valence-corrected chi connectivity index (χ0v) is 23.9. The van der Waals surface area contributed by atoms with E-state index in [1.54, 1.807) is 6.92 Å². The summed E-state index contributed by atoms with van der Waals surface area (Å²) in [6.45, 7) is 1.32. The maximum atomic E-state index is 14.7. The van der Waals surface area contributed by atoms with Gasteiger partial charge >= 0.3 is 24.2 Å². The fraction of sp³-hybridized carbons (Fsp3) is 0.290. The number of aromatic carboxylic acids is 1. The summed E-state index contributed by atoms with van der Waals surface area (Å²) in [4.78, 5) is 23.6. The number of anilines is 2. The van der Waals surface area contributed by atoms with Crippen molar-refractivity contribution in [3.05, 3.63) is 88.7 Å². The number of carbonyl (C=O) groups excluding carboxylic acids is 1. The average molecular weight is 641 g/mol. The van der Waals surface area contributed by atoms with Gasteiger partial charge in [-0.25, -0.2) is 14.0 Å². The molecule has 14 heteroatoms. The number of esters is 1. The van der Waals surface area contributed by atoms with Crippen LogP contribution in [0.3, 0.4) is 0 Å². The third kappa shape index (κ3) is 10.4. The summed E-state index contributed by atoms with van der Waals surface area (Å²) in [6, 6.07) is 9.90. The van der Waals surface area contributed by atoms with E-state index in [2.05, 4.69) is 0 Å². The zero-order chi connectivity index (χ0) is 33.4. The molecule has 0 aliphatic heterocycles. The van der Waals surface area contributed by atoms with Crippen LogP contribution in [0.4, 0.5) is 37.7 Å². The Labute approximate surface area is 254 Å². The average Bonchev–Trinajstić information content (AvgIpc) is 2.96. The van der Waals surface area contributed by atoms with Crippen molar-refractivity contribution in [2.24, 2.45) is 0 Å². The molecule has 45 heavy (non-hydrogen) atoms. The van der Waals surface area contributed by atoms with Crippen molar-refractivity contribution in [1.82, 2.24) is 0 Å². The Balaban J connectivity index is 1.56. The van der Waals surface area contributed by atoms with Crippen LogP contribution in [0.2, 0.25) is 0 Å². The first-order valence-corrected chi connectivity index (χ1v) is 13.5. The van der Waals surface area contributed by atoms with Gasteiger partial charge in [0.1, 0.15) is 11.9 Å². The standard InChI is InChI=1S/C31H30F6N2O6/c1-2-21(17-23-25(38)14-19(29(41)42)15-26(23)39)44-28(40)11-6-18-4-8-22(9-5-18)45-31(36,37)20-7-10-27(24(32)16-20)43-13-3-12-30(33,34)35/h4-11,14-16,21H,2-3,12-13,17,38-39H2,1H3,(H,41,42). The minimum Gasteiger partial charge on any atom is -0.491 e. The third-order valence-electron chi connectivity index (χ3n) is 6.40. The zero-order valence-electron chi connectivity index (χ0n) is 23.9. The third-order valence-corrected chi connectivity index (χ3v) is 6.40. The number of carboxylic acids is 1. The number of halogens is 6. The molecule has 0 bridgehead atoms. The molecule has 0 saturated heterocycles. The maximum absolute atomic E-state index is 14.7. The van der Waals surface area contributed by atoms with Crippen LogP contribution in [0, 0.1) is 5.82 Å². The molecule has 0 saturated carbocycles. The van der Waals surface area contributed by atoms with E-state index in [0.717, 1.165) is 18.2 Å². The SMILES string of the molecule is CCC(Cc1c(N)cc(C(=O)O)cc1N)OC(=O)C=Cc1ccc(OC(F)(F)c2ccc(OCCCC(F)(F)F)c(F)c2)cc1. The lowest BCUT2D eigenvalue weighted by Gasteiger charge is -2.19. The van der Waals surface area contributed by atoms with E-state index < -0.39 is 66.9 Å². The first kappa shape index (κ1) is 34.6. The molecule has 3 rings (SSSR count). The number of hydrogen-bond donors (Lipinski definition) is 3. The van der Waals surface area contributed by atoms with Crippen LogP contribution >= 0.6 is 0 Å². The lowest BCUT2D eigenvalue weighted by molar-refractivity contribution is -0.185. The number of benzene rings is 3. The second-order valence-electron chi connectivity index (χ2n) is 9.84. The van der Waals surface area contributed by atoms with E-state index in [0.29, 0.717) is 23.6 Å². The molecule has 0 amide bonds. The number of nitrogen functional groups attached to an aromatic ring is 2. The number of carboxylic acid groups (broad SMARTS) is 1. The van der Waals surface area contributed by atoms with Gasteiger partial charge in [0.25, 0.3) is 0 Å².